The Bertz CT molecular complexity index is 7.61. The average Bonchev–Trinajstić information content (AvgIpc) is 0. The van der Waals surface area contributed by atoms with E-state index in [0.29, 0.717) is 0 Å². The molecule has 0 aliphatic heterocycles. The first kappa shape index (κ1) is 61.4. The molecule has 0 aromatic heterocycles. The van der Waals surface area contributed by atoms with Gasteiger partial charge in [0.25, 0.3) is 0 Å². The maximum absolute atomic E-state index is 0. The molecule has 0 saturated carbocycles. The summed E-state index contributed by atoms with van der Waals surface area (Å²) in [7, 11) is 0. The molecule has 0 heterocycles. The van der Waals surface area contributed by atoms with Crippen LogP contribution in [0.5, 0.6) is 0 Å². The van der Waals surface area contributed by atoms with Gasteiger partial charge in [0.1, 0.15) is 0 Å². The molecule has 2 nitrogen and oxygen atoms in total. The zero-order valence-corrected chi connectivity index (χ0v) is 9.02. The second-order valence-electron chi connectivity index (χ2n) is 0. The van der Waals surface area contributed by atoms with Crippen molar-refractivity contribution in [1.29, 1.82) is 0 Å². The van der Waals surface area contributed by atoms with Gasteiger partial charge in [-0.25, -0.2) is 0 Å². The monoisotopic (exact) mass is 248 g/mol. The minimum absolute atomic E-state index is 0. The first-order chi connectivity index (χ1) is 0. The van der Waals surface area contributed by atoms with Gasteiger partial charge in [-0.2, -0.15) is 0 Å². The summed E-state index contributed by atoms with van der Waals surface area (Å²) in [6.07, 6.45) is 0. The Morgan fingerprint density at radius 3 is 0.600 bits per heavy atom. The normalized spacial score (nSPS) is 0. The Hall–Kier alpha value is 2.05. The van der Waals surface area contributed by atoms with E-state index in [4.69, 9.17) is 0 Å². The van der Waals surface area contributed by atoms with Crippen molar-refractivity contribution in [2.45, 2.75) is 0 Å². The smallest absolute Gasteiger partial charge is 2.00 e. The molecule has 0 saturated heterocycles. The van der Waals surface area contributed by atoms with E-state index in [1.165, 1.54) is 0 Å². The van der Waals surface area contributed by atoms with Gasteiger partial charge in [0.2, 0.25) is 0 Å². The third-order valence-electron chi connectivity index (χ3n) is 0. The molecule has 0 radical (unpaired) electrons. The van der Waals surface area contributed by atoms with E-state index in [2.05, 4.69) is 0 Å². The Morgan fingerprint density at radius 1 is 0.600 bits per heavy atom. The molecule has 5 heavy (non-hydrogen) atoms. The molecule has 0 spiro atoms. The van der Waals surface area contributed by atoms with Crippen LogP contribution in [0.3, 0.4) is 0 Å². The fourth-order valence-electron chi connectivity index (χ4n) is 0. The minimum Gasteiger partial charge on any atom is -2.00 e. The van der Waals surface area contributed by atoms with Crippen LogP contribution >= 0.6 is 0 Å². The van der Waals surface area contributed by atoms with Crippen LogP contribution < -0.4 is 37.7 Å². The Labute approximate surface area is 75.6 Å². The summed E-state index contributed by atoms with van der Waals surface area (Å²) in [5.74, 6) is 0. The van der Waals surface area contributed by atoms with Gasteiger partial charge in [-0.05, 0) is 0 Å². The number of hydrogen-bond acceptors (Lipinski definition) is 0. The van der Waals surface area contributed by atoms with Crippen LogP contribution in [0.15, 0.2) is 0 Å². The summed E-state index contributed by atoms with van der Waals surface area (Å²) < 4.78 is 0. The van der Waals surface area contributed by atoms with Crippen LogP contribution in [0.25, 0.3) is 0 Å². The molecule has 0 N–H and O–H groups in total. The van der Waals surface area contributed by atoms with Gasteiger partial charge in [0.15, 0.2) is 0 Å². The van der Waals surface area contributed by atoms with E-state index in [1.54, 1.807) is 0 Å². The molecule has 0 atom stereocenters. The van der Waals surface area contributed by atoms with E-state index < -0.39 is 0 Å². The Kier molecular flexibility index (Phi) is 451. The predicted octanol–water partition coefficient (Wildman–Crippen LogP) is -6.23. The third kappa shape index (κ3) is 23.6. The van der Waals surface area contributed by atoms with Gasteiger partial charge in [-0.15, -0.1) is 0 Å². The van der Waals surface area contributed by atoms with Gasteiger partial charge >= 0.3 is 65.4 Å². The van der Waals surface area contributed by atoms with Crippen molar-refractivity contribution < 1.29 is 76.3 Å². The van der Waals surface area contributed by atoms with Crippen LogP contribution in [0.2, 0.25) is 0 Å². The molecule has 5 heteroatoms. The molecule has 0 bridgehead atoms. The molecule has 0 aromatic rings. The van der Waals surface area contributed by atoms with E-state index in [1.807, 2.05) is 0 Å². The average molecular weight is 246 g/mol. The summed E-state index contributed by atoms with van der Waals surface area (Å²) >= 11 is 0. The van der Waals surface area contributed by atoms with Gasteiger partial charge in [-0.3, -0.25) is 0 Å². The SMILES string of the molecule is [Hg+2].[Li+].[Li+].[O-2].[O-2]. The van der Waals surface area contributed by atoms with Gasteiger partial charge in [0, 0.05) is 0 Å². The molecule has 0 fully saturated rings. The van der Waals surface area contributed by atoms with Crippen molar-refractivity contribution in [3.8, 4) is 0 Å². The second-order valence-corrected chi connectivity index (χ2v) is 0. The van der Waals surface area contributed by atoms with Crippen LogP contribution in [0, 0.1) is 0 Å². The molecule has 0 aliphatic carbocycles. The summed E-state index contributed by atoms with van der Waals surface area (Å²) in [4.78, 5) is 0. The number of hydrogen-bond donors (Lipinski definition) is 0. The molecular formula is HgLi2O2. The molecule has 16 valence electrons. The zero-order valence-electron chi connectivity index (χ0n) is 3.52. The van der Waals surface area contributed by atoms with Gasteiger partial charge in [-0.1, -0.05) is 0 Å². The Morgan fingerprint density at radius 2 is 0.600 bits per heavy atom. The molecule has 0 aromatic carbocycles. The summed E-state index contributed by atoms with van der Waals surface area (Å²) in [6.45, 7) is 0. The van der Waals surface area contributed by atoms with E-state index in [-0.39, 0.29) is 76.3 Å². The fraction of sp³-hybridized carbons (Fsp3) is 0. The molecule has 0 aliphatic rings. The quantitative estimate of drug-likeness (QED) is 0.382. The molecular weight excluding hydrogens is 246 g/mol. The van der Waals surface area contributed by atoms with Gasteiger partial charge in [0.05, 0.1) is 0 Å². The molecule has 0 unspecified atom stereocenters. The van der Waals surface area contributed by atoms with E-state index in [9.17, 15) is 0 Å². The molecule has 0 rings (SSSR count). The first-order valence-corrected chi connectivity index (χ1v) is 0. The largest absolute Gasteiger partial charge is 2.00 e. The summed E-state index contributed by atoms with van der Waals surface area (Å²) in [6, 6.07) is 0. The topological polar surface area (TPSA) is 57.0 Å². The van der Waals surface area contributed by atoms with Crippen LogP contribution in [-0.2, 0) is 38.6 Å². The van der Waals surface area contributed by atoms with Crippen molar-refractivity contribution in [2.75, 3.05) is 0 Å². The third-order valence-corrected chi connectivity index (χ3v) is 0. The zero-order chi connectivity index (χ0) is 0. The fourth-order valence-corrected chi connectivity index (χ4v) is 0. The van der Waals surface area contributed by atoms with Crippen molar-refractivity contribution in [3.63, 3.8) is 0 Å². The van der Waals surface area contributed by atoms with E-state index >= 15 is 0 Å². The number of rotatable bonds is 0. The maximum atomic E-state index is 0. The standard InChI is InChI=1S/Hg.2Li.2O/q+2;2*+1;2*-2. The van der Waals surface area contributed by atoms with Crippen LogP contribution in [-0.4, -0.2) is 0 Å². The molecule has 0 amide bonds. The first-order valence-electron chi connectivity index (χ1n) is 0. The van der Waals surface area contributed by atoms with Crippen molar-refractivity contribution in [3.05, 3.63) is 0 Å². The van der Waals surface area contributed by atoms with E-state index in [0.717, 1.165) is 0 Å². The Balaban J connectivity index is 0. The summed E-state index contributed by atoms with van der Waals surface area (Å²) in [5.41, 5.74) is 0. The maximum Gasteiger partial charge on any atom is 2.00 e. The van der Waals surface area contributed by atoms with Crippen molar-refractivity contribution in [2.24, 2.45) is 0 Å². The van der Waals surface area contributed by atoms with Crippen molar-refractivity contribution in [1.82, 2.24) is 0 Å². The van der Waals surface area contributed by atoms with Crippen molar-refractivity contribution >= 4 is 0 Å². The summed E-state index contributed by atoms with van der Waals surface area (Å²) in [5, 5.41) is 0. The van der Waals surface area contributed by atoms with Crippen LogP contribution in [0.4, 0.5) is 0 Å². The minimum atomic E-state index is 0. The van der Waals surface area contributed by atoms with Crippen LogP contribution in [0.1, 0.15) is 0 Å². The predicted molar refractivity (Wildman–Crippen MR) is 1.37 cm³/mol. The van der Waals surface area contributed by atoms with Gasteiger partial charge < -0.3 is 11.0 Å². The second kappa shape index (κ2) is 36.7.